The molecular formula is C15H16FNO. The van der Waals surface area contributed by atoms with Crippen LogP contribution in [0.5, 0.6) is 5.75 Å². The molecule has 0 spiro atoms. The van der Waals surface area contributed by atoms with Crippen LogP contribution in [0.1, 0.15) is 12.6 Å². The molecule has 0 saturated carbocycles. The summed E-state index contributed by atoms with van der Waals surface area (Å²) in [5.41, 5.74) is 1.14. The summed E-state index contributed by atoms with van der Waals surface area (Å²) in [6.07, 6.45) is 6.05. The summed E-state index contributed by atoms with van der Waals surface area (Å²) in [5.74, 6) is 0.290. The van der Waals surface area contributed by atoms with Crippen molar-refractivity contribution in [1.29, 1.82) is 0 Å². The van der Waals surface area contributed by atoms with Crippen LogP contribution in [0.25, 0.3) is 6.08 Å². The predicted octanol–water partition coefficient (Wildman–Crippen LogP) is 3.74. The van der Waals surface area contributed by atoms with Crippen molar-refractivity contribution in [1.82, 2.24) is 4.57 Å². The molecule has 0 saturated heterocycles. The molecule has 0 atom stereocenters. The average Bonchev–Trinajstić information content (AvgIpc) is 2.78. The Balaban J connectivity index is 1.90. The van der Waals surface area contributed by atoms with Crippen molar-refractivity contribution in [3.63, 3.8) is 0 Å². The van der Waals surface area contributed by atoms with Gasteiger partial charge in [-0.1, -0.05) is 12.1 Å². The molecule has 1 aromatic heterocycles. The van der Waals surface area contributed by atoms with Gasteiger partial charge >= 0.3 is 0 Å². The minimum Gasteiger partial charge on any atom is -0.492 e. The van der Waals surface area contributed by atoms with Gasteiger partial charge in [-0.25, -0.2) is 4.39 Å². The molecule has 18 heavy (non-hydrogen) atoms. The van der Waals surface area contributed by atoms with Gasteiger partial charge in [0, 0.05) is 18.0 Å². The fourth-order valence-electron chi connectivity index (χ4n) is 1.77. The van der Waals surface area contributed by atoms with E-state index in [1.165, 1.54) is 12.1 Å². The standard InChI is InChI=1S/C15H16FNO/c1-2-5-14-7-4-9-17(14)10-11-18-15-8-3-6-13(16)12-15/h2-9,12H,10-11H2,1H3/b5-2+. The van der Waals surface area contributed by atoms with Gasteiger partial charge in [-0.05, 0) is 37.3 Å². The monoisotopic (exact) mass is 245 g/mol. The molecule has 2 aromatic rings. The largest absolute Gasteiger partial charge is 0.492 e. The van der Waals surface area contributed by atoms with Crippen LogP contribution in [0.4, 0.5) is 4.39 Å². The first-order valence-electron chi connectivity index (χ1n) is 5.96. The van der Waals surface area contributed by atoms with Gasteiger partial charge < -0.3 is 9.30 Å². The number of allylic oxidation sites excluding steroid dienone is 1. The summed E-state index contributed by atoms with van der Waals surface area (Å²) in [7, 11) is 0. The van der Waals surface area contributed by atoms with Crippen LogP contribution in [-0.2, 0) is 6.54 Å². The number of halogens is 1. The lowest BCUT2D eigenvalue weighted by Crippen LogP contribution is -2.08. The second-order valence-electron chi connectivity index (χ2n) is 3.93. The van der Waals surface area contributed by atoms with E-state index < -0.39 is 0 Å². The average molecular weight is 245 g/mol. The number of nitrogens with zero attached hydrogens (tertiary/aromatic N) is 1. The van der Waals surface area contributed by atoms with E-state index in [0.717, 1.165) is 12.2 Å². The summed E-state index contributed by atoms with van der Waals surface area (Å²) in [6, 6.07) is 10.2. The van der Waals surface area contributed by atoms with E-state index in [2.05, 4.69) is 4.57 Å². The molecule has 0 unspecified atom stereocenters. The van der Waals surface area contributed by atoms with E-state index in [-0.39, 0.29) is 5.82 Å². The Morgan fingerprint density at radius 2 is 2.17 bits per heavy atom. The minimum absolute atomic E-state index is 0.275. The maximum atomic E-state index is 12.9. The van der Waals surface area contributed by atoms with Crippen molar-refractivity contribution in [2.24, 2.45) is 0 Å². The Morgan fingerprint density at radius 1 is 1.28 bits per heavy atom. The Labute approximate surface area is 106 Å². The molecule has 0 aliphatic carbocycles. The van der Waals surface area contributed by atoms with Crippen LogP contribution in [-0.4, -0.2) is 11.2 Å². The quantitative estimate of drug-likeness (QED) is 0.782. The van der Waals surface area contributed by atoms with Crippen LogP contribution in [0.3, 0.4) is 0 Å². The topological polar surface area (TPSA) is 14.2 Å². The van der Waals surface area contributed by atoms with Crippen molar-refractivity contribution < 1.29 is 9.13 Å². The van der Waals surface area contributed by atoms with Gasteiger partial charge in [0.05, 0.1) is 6.54 Å². The van der Waals surface area contributed by atoms with Crippen LogP contribution in [0.2, 0.25) is 0 Å². The fourth-order valence-corrected chi connectivity index (χ4v) is 1.77. The Kier molecular flexibility index (Phi) is 4.18. The van der Waals surface area contributed by atoms with Gasteiger partial charge in [0.25, 0.3) is 0 Å². The summed E-state index contributed by atoms with van der Waals surface area (Å²) in [6.45, 7) is 3.24. The number of aromatic nitrogens is 1. The van der Waals surface area contributed by atoms with Gasteiger partial charge in [0.1, 0.15) is 18.2 Å². The molecule has 2 rings (SSSR count). The first kappa shape index (κ1) is 12.4. The van der Waals surface area contributed by atoms with Crippen LogP contribution in [0, 0.1) is 5.82 Å². The van der Waals surface area contributed by atoms with Crippen molar-refractivity contribution in [2.45, 2.75) is 13.5 Å². The highest BCUT2D eigenvalue weighted by Crippen LogP contribution is 2.12. The molecule has 0 radical (unpaired) electrons. The predicted molar refractivity (Wildman–Crippen MR) is 71.0 cm³/mol. The lowest BCUT2D eigenvalue weighted by Gasteiger charge is -2.09. The molecule has 3 heteroatoms. The number of ether oxygens (including phenoxy) is 1. The molecule has 1 aromatic carbocycles. The molecule has 0 bridgehead atoms. The van der Waals surface area contributed by atoms with Crippen molar-refractivity contribution in [3.8, 4) is 5.75 Å². The van der Waals surface area contributed by atoms with Gasteiger partial charge in [0.15, 0.2) is 0 Å². The van der Waals surface area contributed by atoms with Gasteiger partial charge in [-0.3, -0.25) is 0 Å². The van der Waals surface area contributed by atoms with E-state index in [9.17, 15) is 4.39 Å². The second kappa shape index (κ2) is 6.05. The molecule has 0 aliphatic rings. The maximum absolute atomic E-state index is 12.9. The third kappa shape index (κ3) is 3.23. The van der Waals surface area contributed by atoms with E-state index in [1.807, 2.05) is 37.4 Å². The van der Waals surface area contributed by atoms with Gasteiger partial charge in [-0.2, -0.15) is 0 Å². The van der Waals surface area contributed by atoms with Crippen molar-refractivity contribution >= 4 is 6.08 Å². The molecular weight excluding hydrogens is 229 g/mol. The Morgan fingerprint density at radius 3 is 2.94 bits per heavy atom. The number of benzene rings is 1. The van der Waals surface area contributed by atoms with E-state index in [0.29, 0.717) is 12.4 Å². The first-order chi connectivity index (χ1) is 8.79. The normalized spacial score (nSPS) is 11.0. The summed E-state index contributed by atoms with van der Waals surface area (Å²) in [5, 5.41) is 0. The summed E-state index contributed by atoms with van der Waals surface area (Å²) in [4.78, 5) is 0. The van der Waals surface area contributed by atoms with E-state index in [1.54, 1.807) is 12.1 Å². The molecule has 2 nitrogen and oxygen atoms in total. The SMILES string of the molecule is C/C=C/c1cccn1CCOc1cccc(F)c1. The zero-order valence-corrected chi connectivity index (χ0v) is 10.3. The van der Waals surface area contributed by atoms with Crippen molar-refractivity contribution in [3.05, 3.63) is 60.2 Å². The number of rotatable bonds is 5. The van der Waals surface area contributed by atoms with Crippen LogP contribution in [0.15, 0.2) is 48.7 Å². The van der Waals surface area contributed by atoms with Gasteiger partial charge in [0.2, 0.25) is 0 Å². The molecule has 94 valence electrons. The highest BCUT2D eigenvalue weighted by molar-refractivity contribution is 5.44. The number of hydrogen-bond acceptors (Lipinski definition) is 1. The third-order valence-corrected chi connectivity index (χ3v) is 2.60. The zero-order chi connectivity index (χ0) is 12.8. The maximum Gasteiger partial charge on any atom is 0.126 e. The molecule has 0 fully saturated rings. The van der Waals surface area contributed by atoms with E-state index >= 15 is 0 Å². The lowest BCUT2D eigenvalue weighted by atomic mass is 10.3. The zero-order valence-electron chi connectivity index (χ0n) is 10.3. The second-order valence-corrected chi connectivity index (χ2v) is 3.93. The van der Waals surface area contributed by atoms with Crippen LogP contribution >= 0.6 is 0 Å². The van der Waals surface area contributed by atoms with Gasteiger partial charge in [-0.15, -0.1) is 0 Å². The Bertz CT molecular complexity index is 531. The highest BCUT2D eigenvalue weighted by Gasteiger charge is 1.99. The molecule has 0 amide bonds. The minimum atomic E-state index is -0.275. The first-order valence-corrected chi connectivity index (χ1v) is 5.96. The summed E-state index contributed by atoms with van der Waals surface area (Å²) < 4.78 is 20.5. The summed E-state index contributed by atoms with van der Waals surface area (Å²) >= 11 is 0. The lowest BCUT2D eigenvalue weighted by molar-refractivity contribution is 0.297. The molecule has 1 heterocycles. The molecule has 0 aliphatic heterocycles. The van der Waals surface area contributed by atoms with Crippen molar-refractivity contribution in [2.75, 3.05) is 6.61 Å². The molecule has 0 N–H and O–H groups in total. The highest BCUT2D eigenvalue weighted by atomic mass is 19.1. The fraction of sp³-hybridized carbons (Fsp3) is 0.200. The van der Waals surface area contributed by atoms with Crippen LogP contribution < -0.4 is 4.74 Å². The van der Waals surface area contributed by atoms with E-state index in [4.69, 9.17) is 4.74 Å². The smallest absolute Gasteiger partial charge is 0.126 e. The third-order valence-electron chi connectivity index (χ3n) is 2.60. The Hall–Kier alpha value is -2.03. The number of hydrogen-bond donors (Lipinski definition) is 0.